The van der Waals surface area contributed by atoms with Crippen LogP contribution >= 0.6 is 0 Å². The van der Waals surface area contributed by atoms with Crippen LogP contribution in [0, 0.1) is 6.92 Å². The van der Waals surface area contributed by atoms with Crippen LogP contribution in [-0.4, -0.2) is 11.1 Å². The molecule has 2 rings (SSSR count). The van der Waals surface area contributed by atoms with Crippen LogP contribution in [0.4, 0.5) is 5.69 Å². The number of hydrogen-bond donors (Lipinski definition) is 1. The minimum absolute atomic E-state index is 0.141. The van der Waals surface area contributed by atoms with Gasteiger partial charge in [-0.25, -0.2) is 0 Å². The lowest BCUT2D eigenvalue weighted by atomic mass is 10.0. The van der Waals surface area contributed by atoms with Crippen LogP contribution in [0.5, 0.6) is 0 Å². The molecular formula is C11H16N2O. The van der Waals surface area contributed by atoms with E-state index in [2.05, 4.69) is 11.4 Å². The van der Waals surface area contributed by atoms with E-state index in [9.17, 15) is 4.79 Å². The fraction of sp³-hybridized carbons (Fsp3) is 0.545. The molecule has 0 amide bonds. The van der Waals surface area contributed by atoms with Gasteiger partial charge in [-0.3, -0.25) is 4.79 Å². The van der Waals surface area contributed by atoms with E-state index in [0.717, 1.165) is 37.3 Å². The monoisotopic (exact) mass is 192 g/mol. The van der Waals surface area contributed by atoms with E-state index in [0.29, 0.717) is 0 Å². The van der Waals surface area contributed by atoms with Gasteiger partial charge in [-0.05, 0) is 38.3 Å². The predicted octanol–water partition coefficient (Wildman–Crippen LogP) is 1.53. The number of hydrogen-bond acceptors (Lipinski definition) is 2. The van der Waals surface area contributed by atoms with Crippen molar-refractivity contribution in [2.24, 2.45) is 0 Å². The van der Waals surface area contributed by atoms with Gasteiger partial charge >= 0.3 is 0 Å². The summed E-state index contributed by atoms with van der Waals surface area (Å²) in [7, 11) is 0. The van der Waals surface area contributed by atoms with E-state index >= 15 is 0 Å². The zero-order chi connectivity index (χ0) is 10.1. The number of rotatable bonds is 1. The predicted molar refractivity (Wildman–Crippen MR) is 57.9 cm³/mol. The Morgan fingerprint density at radius 2 is 2.36 bits per heavy atom. The highest BCUT2D eigenvalue weighted by molar-refractivity contribution is 5.52. The van der Waals surface area contributed by atoms with E-state index in [1.54, 1.807) is 0 Å². The number of aryl methyl sites for hydroxylation is 2. The summed E-state index contributed by atoms with van der Waals surface area (Å²) in [5.74, 6) is 0. The molecule has 0 radical (unpaired) electrons. The summed E-state index contributed by atoms with van der Waals surface area (Å²) in [5, 5.41) is 3.20. The average Bonchev–Trinajstić information content (AvgIpc) is 2.18. The number of nitrogens with zero attached hydrogens (tertiary/aromatic N) is 1. The van der Waals surface area contributed by atoms with Crippen molar-refractivity contribution in [2.45, 2.75) is 33.2 Å². The molecule has 0 unspecified atom stereocenters. The minimum Gasteiger partial charge on any atom is -0.380 e. The van der Waals surface area contributed by atoms with Gasteiger partial charge in [0.05, 0.1) is 0 Å². The summed E-state index contributed by atoms with van der Waals surface area (Å²) in [4.78, 5) is 12.0. The second kappa shape index (κ2) is 3.48. The zero-order valence-corrected chi connectivity index (χ0v) is 8.76. The van der Waals surface area contributed by atoms with Gasteiger partial charge < -0.3 is 9.88 Å². The molecule has 0 bridgehead atoms. The summed E-state index contributed by atoms with van der Waals surface area (Å²) < 4.78 is 1.82. The lowest BCUT2D eigenvalue weighted by Gasteiger charge is -2.20. The molecule has 2 heterocycles. The molecule has 1 aromatic heterocycles. The first-order chi connectivity index (χ1) is 6.74. The van der Waals surface area contributed by atoms with Crippen LogP contribution in [0.15, 0.2) is 10.9 Å². The Labute approximate surface area is 83.8 Å². The summed E-state index contributed by atoms with van der Waals surface area (Å²) in [6.07, 6.45) is 2.16. The Hall–Kier alpha value is -1.25. The van der Waals surface area contributed by atoms with Crippen LogP contribution in [0.25, 0.3) is 0 Å². The summed E-state index contributed by atoms with van der Waals surface area (Å²) in [6, 6.07) is 2.13. The fourth-order valence-corrected chi connectivity index (χ4v) is 2.11. The largest absolute Gasteiger partial charge is 0.380 e. The highest BCUT2D eigenvalue weighted by atomic mass is 16.1. The first-order valence-corrected chi connectivity index (χ1v) is 5.21. The molecule has 1 N–H and O–H groups in total. The van der Waals surface area contributed by atoms with Crippen LogP contribution < -0.4 is 10.9 Å². The lowest BCUT2D eigenvalue weighted by molar-refractivity contribution is 0.688. The SMILES string of the molecule is CCn1c(C)cc2c(c1=O)NCCC2. The van der Waals surface area contributed by atoms with Crippen LogP contribution in [0.2, 0.25) is 0 Å². The van der Waals surface area contributed by atoms with Crippen LogP contribution in [0.3, 0.4) is 0 Å². The standard InChI is InChI=1S/C11H16N2O/c1-3-13-8(2)7-9-5-4-6-12-10(9)11(13)14/h7,12H,3-6H2,1-2H3. The summed E-state index contributed by atoms with van der Waals surface area (Å²) in [6.45, 7) is 5.68. The average molecular weight is 192 g/mol. The lowest BCUT2D eigenvalue weighted by Crippen LogP contribution is -2.29. The normalized spacial score (nSPS) is 14.7. The molecule has 1 aliphatic heterocycles. The van der Waals surface area contributed by atoms with Gasteiger partial charge in [-0.2, -0.15) is 0 Å². The topological polar surface area (TPSA) is 34.0 Å². The van der Waals surface area contributed by atoms with Gasteiger partial charge in [0.25, 0.3) is 5.56 Å². The van der Waals surface area contributed by atoms with Gasteiger partial charge in [0.15, 0.2) is 0 Å². The number of fused-ring (bicyclic) bond motifs is 1. The van der Waals surface area contributed by atoms with E-state index in [-0.39, 0.29) is 5.56 Å². The molecule has 0 saturated carbocycles. The molecular weight excluding hydrogens is 176 g/mol. The van der Waals surface area contributed by atoms with Crippen molar-refractivity contribution in [1.82, 2.24) is 4.57 Å². The molecule has 0 spiro atoms. The molecule has 3 nitrogen and oxygen atoms in total. The van der Waals surface area contributed by atoms with Crippen molar-refractivity contribution in [3.8, 4) is 0 Å². The van der Waals surface area contributed by atoms with Gasteiger partial charge in [-0.1, -0.05) is 0 Å². The molecule has 76 valence electrons. The van der Waals surface area contributed by atoms with E-state index < -0.39 is 0 Å². The molecule has 1 aliphatic rings. The van der Waals surface area contributed by atoms with Crippen molar-refractivity contribution < 1.29 is 0 Å². The Morgan fingerprint density at radius 3 is 3.07 bits per heavy atom. The fourth-order valence-electron chi connectivity index (χ4n) is 2.11. The Kier molecular flexibility index (Phi) is 2.32. The number of nitrogens with one attached hydrogen (secondary N) is 1. The third-order valence-electron chi connectivity index (χ3n) is 2.83. The molecule has 0 saturated heterocycles. The zero-order valence-electron chi connectivity index (χ0n) is 8.76. The molecule has 3 heteroatoms. The van der Waals surface area contributed by atoms with Crippen molar-refractivity contribution >= 4 is 5.69 Å². The number of aromatic nitrogens is 1. The second-order valence-electron chi connectivity index (χ2n) is 3.77. The third-order valence-corrected chi connectivity index (χ3v) is 2.83. The van der Waals surface area contributed by atoms with Crippen molar-refractivity contribution in [2.75, 3.05) is 11.9 Å². The molecule has 0 aliphatic carbocycles. The first kappa shape index (κ1) is 9.31. The maximum absolute atomic E-state index is 12.0. The van der Waals surface area contributed by atoms with Crippen molar-refractivity contribution in [3.63, 3.8) is 0 Å². The van der Waals surface area contributed by atoms with Crippen molar-refractivity contribution in [1.29, 1.82) is 0 Å². The first-order valence-electron chi connectivity index (χ1n) is 5.21. The number of pyridine rings is 1. The number of anilines is 1. The summed E-state index contributed by atoms with van der Waals surface area (Å²) in [5.41, 5.74) is 3.22. The van der Waals surface area contributed by atoms with Gasteiger partial charge in [0, 0.05) is 18.8 Å². The maximum atomic E-state index is 12.0. The Balaban J connectivity index is 2.64. The highest BCUT2D eigenvalue weighted by Crippen LogP contribution is 2.18. The van der Waals surface area contributed by atoms with E-state index in [4.69, 9.17) is 0 Å². The summed E-state index contributed by atoms with van der Waals surface area (Å²) >= 11 is 0. The quantitative estimate of drug-likeness (QED) is 0.732. The Bertz CT molecular complexity index is 406. The van der Waals surface area contributed by atoms with Crippen LogP contribution in [0.1, 0.15) is 24.6 Å². The molecule has 1 aromatic rings. The second-order valence-corrected chi connectivity index (χ2v) is 3.77. The highest BCUT2D eigenvalue weighted by Gasteiger charge is 2.14. The molecule has 0 fully saturated rings. The van der Waals surface area contributed by atoms with Crippen LogP contribution in [-0.2, 0) is 13.0 Å². The van der Waals surface area contributed by atoms with Gasteiger partial charge in [-0.15, -0.1) is 0 Å². The smallest absolute Gasteiger partial charge is 0.274 e. The van der Waals surface area contributed by atoms with Gasteiger partial charge in [0.2, 0.25) is 0 Å². The molecule has 0 atom stereocenters. The Morgan fingerprint density at radius 1 is 1.57 bits per heavy atom. The molecule has 14 heavy (non-hydrogen) atoms. The molecule has 0 aromatic carbocycles. The van der Waals surface area contributed by atoms with E-state index in [1.807, 2.05) is 18.4 Å². The third kappa shape index (κ3) is 1.33. The van der Waals surface area contributed by atoms with Gasteiger partial charge in [0.1, 0.15) is 5.69 Å². The minimum atomic E-state index is 0.141. The van der Waals surface area contributed by atoms with Crippen molar-refractivity contribution in [3.05, 3.63) is 27.7 Å². The van der Waals surface area contributed by atoms with E-state index in [1.165, 1.54) is 5.56 Å². The maximum Gasteiger partial charge on any atom is 0.274 e.